The molecule has 2 heteroatoms. The summed E-state index contributed by atoms with van der Waals surface area (Å²) in [6.45, 7) is 4.97. The number of aliphatic hydroxyl groups is 1. The Morgan fingerprint density at radius 3 is 2.71 bits per heavy atom. The molecule has 4 aliphatic carbocycles. The number of rotatable bonds is 0. The van der Waals surface area contributed by atoms with Gasteiger partial charge in [0.1, 0.15) is 11.7 Å². The SMILES string of the molecule is C#C[C@@H]1O[C@]12CCC1C3CC=C4C[C@@H](O)CC[C@]4(C)C3CC[C@@]12C. The smallest absolute Gasteiger partial charge is 0.148 e. The highest BCUT2D eigenvalue weighted by atomic mass is 16.6. The molecular formula is C22H30O2. The van der Waals surface area contributed by atoms with E-state index in [-0.39, 0.29) is 23.2 Å². The molecule has 130 valence electrons. The number of hydrogen-bond donors (Lipinski definition) is 1. The molecule has 1 N–H and O–H groups in total. The van der Waals surface area contributed by atoms with Gasteiger partial charge in [-0.25, -0.2) is 0 Å². The maximum Gasteiger partial charge on any atom is 0.148 e. The molecular weight excluding hydrogens is 296 g/mol. The lowest BCUT2D eigenvalue weighted by Crippen LogP contribution is -2.52. The minimum atomic E-state index is -0.110. The summed E-state index contributed by atoms with van der Waals surface area (Å²) in [7, 11) is 0. The predicted molar refractivity (Wildman–Crippen MR) is 94.1 cm³/mol. The summed E-state index contributed by atoms with van der Waals surface area (Å²) in [4.78, 5) is 0. The van der Waals surface area contributed by atoms with Crippen molar-refractivity contribution >= 4 is 0 Å². The lowest BCUT2D eigenvalue weighted by Gasteiger charge is -2.57. The van der Waals surface area contributed by atoms with E-state index in [2.05, 4.69) is 25.8 Å². The van der Waals surface area contributed by atoms with Crippen molar-refractivity contribution in [2.24, 2.45) is 28.6 Å². The Balaban J connectivity index is 1.49. The van der Waals surface area contributed by atoms with Crippen molar-refractivity contribution in [2.75, 3.05) is 0 Å². The van der Waals surface area contributed by atoms with Gasteiger partial charge in [-0.2, -0.15) is 0 Å². The molecule has 0 aromatic rings. The van der Waals surface area contributed by atoms with E-state index in [1.54, 1.807) is 5.57 Å². The van der Waals surface area contributed by atoms with Gasteiger partial charge < -0.3 is 9.84 Å². The van der Waals surface area contributed by atoms with Gasteiger partial charge in [-0.3, -0.25) is 0 Å². The van der Waals surface area contributed by atoms with E-state index in [0.29, 0.717) is 5.41 Å². The maximum atomic E-state index is 10.1. The van der Waals surface area contributed by atoms with Crippen molar-refractivity contribution in [2.45, 2.75) is 83.0 Å². The molecule has 24 heavy (non-hydrogen) atoms. The molecule has 5 aliphatic rings. The van der Waals surface area contributed by atoms with E-state index < -0.39 is 0 Å². The Labute approximate surface area is 146 Å². The summed E-state index contributed by atoms with van der Waals surface area (Å²) >= 11 is 0. The van der Waals surface area contributed by atoms with Crippen molar-refractivity contribution in [1.82, 2.24) is 0 Å². The van der Waals surface area contributed by atoms with Gasteiger partial charge in [-0.05, 0) is 74.5 Å². The normalized spacial score (nSPS) is 58.2. The van der Waals surface area contributed by atoms with Crippen molar-refractivity contribution < 1.29 is 9.84 Å². The van der Waals surface area contributed by atoms with Gasteiger partial charge in [0.2, 0.25) is 0 Å². The average molecular weight is 326 g/mol. The molecule has 1 saturated heterocycles. The molecule has 1 heterocycles. The number of allylic oxidation sites excluding steroid dienone is 1. The highest BCUT2D eigenvalue weighted by Crippen LogP contribution is 2.72. The van der Waals surface area contributed by atoms with Crippen LogP contribution in [0.5, 0.6) is 0 Å². The molecule has 3 saturated carbocycles. The number of epoxide rings is 1. The topological polar surface area (TPSA) is 32.8 Å². The molecule has 2 nitrogen and oxygen atoms in total. The summed E-state index contributed by atoms with van der Waals surface area (Å²) in [5.74, 6) is 5.24. The fraction of sp³-hybridized carbons (Fsp3) is 0.818. The molecule has 0 aromatic heterocycles. The third-order valence-corrected chi connectivity index (χ3v) is 9.11. The first-order chi connectivity index (χ1) is 11.4. The van der Waals surface area contributed by atoms with Crippen LogP contribution in [0.3, 0.4) is 0 Å². The Kier molecular flexibility index (Phi) is 3.02. The van der Waals surface area contributed by atoms with E-state index >= 15 is 0 Å². The second-order valence-electron chi connectivity index (χ2n) is 9.70. The molecule has 3 unspecified atom stereocenters. The first-order valence-electron chi connectivity index (χ1n) is 9.96. The fourth-order valence-corrected chi connectivity index (χ4v) is 7.64. The number of hydrogen-bond acceptors (Lipinski definition) is 2. The standard InChI is InChI=1S/C22H30O2/c1-4-19-22(24-19)12-9-18-16-6-5-14-13-15(23)7-10-20(14,2)17(16)8-11-21(18,22)3/h1,5,15-19,23H,6-13H2,2-3H3/t15-,16?,17?,18?,19-,20-,21-,22+/m0/s1. The van der Waals surface area contributed by atoms with Crippen LogP contribution in [0.2, 0.25) is 0 Å². The minimum absolute atomic E-state index is 0.00500. The van der Waals surface area contributed by atoms with Crippen molar-refractivity contribution in [3.63, 3.8) is 0 Å². The van der Waals surface area contributed by atoms with Gasteiger partial charge in [0.25, 0.3) is 0 Å². The van der Waals surface area contributed by atoms with Crippen LogP contribution in [0.1, 0.15) is 65.2 Å². The number of fused-ring (bicyclic) bond motifs is 6. The number of terminal acetylenes is 1. The van der Waals surface area contributed by atoms with E-state index in [0.717, 1.165) is 37.0 Å². The fourth-order valence-electron chi connectivity index (χ4n) is 7.64. The van der Waals surface area contributed by atoms with Crippen LogP contribution < -0.4 is 0 Å². The van der Waals surface area contributed by atoms with Crippen LogP contribution in [0.15, 0.2) is 11.6 Å². The third kappa shape index (κ3) is 1.66. The van der Waals surface area contributed by atoms with Gasteiger partial charge in [0, 0.05) is 5.41 Å². The summed E-state index contributed by atoms with van der Waals surface area (Å²) in [6.07, 6.45) is 17.5. The average Bonchev–Trinajstić information content (AvgIpc) is 3.21. The number of ether oxygens (including phenoxy) is 1. The molecule has 1 spiro atoms. The first kappa shape index (κ1) is 15.5. The van der Waals surface area contributed by atoms with Crippen molar-refractivity contribution in [3.05, 3.63) is 11.6 Å². The molecule has 0 radical (unpaired) electrons. The van der Waals surface area contributed by atoms with Crippen LogP contribution in [0, 0.1) is 40.9 Å². The van der Waals surface area contributed by atoms with Crippen molar-refractivity contribution in [1.29, 1.82) is 0 Å². The molecule has 8 atom stereocenters. The lowest BCUT2D eigenvalue weighted by atomic mass is 9.47. The number of aliphatic hydroxyl groups excluding tert-OH is 1. The van der Waals surface area contributed by atoms with Gasteiger partial charge >= 0.3 is 0 Å². The molecule has 1 aliphatic heterocycles. The zero-order valence-corrected chi connectivity index (χ0v) is 15.1. The lowest BCUT2D eigenvalue weighted by molar-refractivity contribution is -0.0557. The monoisotopic (exact) mass is 326 g/mol. The van der Waals surface area contributed by atoms with Crippen LogP contribution in [0.25, 0.3) is 0 Å². The van der Waals surface area contributed by atoms with E-state index in [9.17, 15) is 5.11 Å². The summed E-state index contributed by atoms with van der Waals surface area (Å²) in [5, 5.41) is 10.1. The van der Waals surface area contributed by atoms with E-state index in [1.807, 2.05) is 0 Å². The van der Waals surface area contributed by atoms with Gasteiger partial charge in [-0.15, -0.1) is 6.42 Å². The van der Waals surface area contributed by atoms with Gasteiger partial charge in [-0.1, -0.05) is 31.4 Å². The maximum absolute atomic E-state index is 10.1. The molecule has 0 bridgehead atoms. The van der Waals surface area contributed by atoms with Crippen LogP contribution in [-0.4, -0.2) is 22.9 Å². The Morgan fingerprint density at radius 2 is 1.96 bits per heavy atom. The highest BCUT2D eigenvalue weighted by molar-refractivity contribution is 5.31. The summed E-state index contributed by atoms with van der Waals surface area (Å²) < 4.78 is 6.13. The Morgan fingerprint density at radius 1 is 1.17 bits per heavy atom. The van der Waals surface area contributed by atoms with Crippen LogP contribution >= 0.6 is 0 Å². The zero-order valence-electron chi connectivity index (χ0n) is 15.1. The van der Waals surface area contributed by atoms with Crippen LogP contribution in [-0.2, 0) is 4.74 Å². The van der Waals surface area contributed by atoms with Gasteiger partial charge in [0.15, 0.2) is 0 Å². The third-order valence-electron chi connectivity index (χ3n) is 9.11. The minimum Gasteiger partial charge on any atom is -0.393 e. The van der Waals surface area contributed by atoms with E-state index in [1.165, 1.54) is 32.1 Å². The Hall–Kier alpha value is -0.780. The van der Waals surface area contributed by atoms with Crippen LogP contribution in [0.4, 0.5) is 0 Å². The second-order valence-corrected chi connectivity index (χ2v) is 9.70. The van der Waals surface area contributed by atoms with Gasteiger partial charge in [0.05, 0.1) is 6.10 Å². The molecule has 5 rings (SSSR count). The molecule has 0 amide bonds. The van der Waals surface area contributed by atoms with E-state index in [4.69, 9.17) is 11.2 Å². The predicted octanol–water partition coefficient (Wildman–Crippen LogP) is 4.08. The summed E-state index contributed by atoms with van der Waals surface area (Å²) in [6, 6.07) is 0. The highest BCUT2D eigenvalue weighted by Gasteiger charge is 2.74. The zero-order chi connectivity index (χ0) is 16.7. The second kappa shape index (κ2) is 4.68. The first-order valence-corrected chi connectivity index (χ1v) is 9.96. The quantitative estimate of drug-likeness (QED) is 0.413. The largest absolute Gasteiger partial charge is 0.393 e. The Bertz CT molecular complexity index is 645. The van der Waals surface area contributed by atoms with Crippen molar-refractivity contribution in [3.8, 4) is 12.3 Å². The summed E-state index contributed by atoms with van der Waals surface area (Å²) in [5.41, 5.74) is 2.17. The molecule has 0 aromatic carbocycles. The molecule has 4 fully saturated rings.